The number of Topliss-reactive ketones (excluding diaryl/α,β-unsaturated/α-hetero) is 2. The van der Waals surface area contributed by atoms with Gasteiger partial charge in [0.05, 0.1) is 0 Å². The van der Waals surface area contributed by atoms with E-state index < -0.39 is 0 Å². The van der Waals surface area contributed by atoms with Crippen LogP contribution in [0.2, 0.25) is 0 Å². The average Bonchev–Trinajstić information content (AvgIpc) is 2.16. The summed E-state index contributed by atoms with van der Waals surface area (Å²) in [7, 11) is 0. The Labute approximate surface area is 110 Å². The average molecular weight is 248 g/mol. The zero-order chi connectivity index (χ0) is 10.1. The van der Waals surface area contributed by atoms with Crippen LogP contribution in [0.3, 0.4) is 0 Å². The first-order valence-corrected chi connectivity index (χ1v) is 5.24. The smallest absolute Gasteiger partial charge is 0.132 e. The first-order chi connectivity index (χ1) is 6.20. The van der Waals surface area contributed by atoms with E-state index in [1.165, 1.54) is 0 Å². The molecule has 2 heteroatoms. The summed E-state index contributed by atoms with van der Waals surface area (Å²) in [5.41, 5.74) is 0. The molecule has 0 unspecified atom stereocenters. The molecule has 0 fully saturated rings. The van der Waals surface area contributed by atoms with Crippen molar-refractivity contribution in [2.75, 3.05) is 0 Å². The summed E-state index contributed by atoms with van der Waals surface area (Å²) in [5, 5.41) is 0. The van der Waals surface area contributed by atoms with Crippen LogP contribution in [-0.4, -0.2) is 11.6 Å². The fraction of sp³-hybridized carbons (Fsp3) is 0.867. The van der Waals surface area contributed by atoms with Gasteiger partial charge in [0.1, 0.15) is 11.6 Å². The molecule has 0 saturated heterocycles. The van der Waals surface area contributed by atoms with Crippen molar-refractivity contribution in [1.82, 2.24) is 0 Å². The molecule has 0 radical (unpaired) electrons. The van der Waals surface area contributed by atoms with E-state index in [0.29, 0.717) is 37.2 Å². The molecule has 17 heavy (non-hydrogen) atoms. The Bertz CT molecular complexity index is 144. The maximum absolute atomic E-state index is 10.9. The lowest BCUT2D eigenvalue weighted by Crippen LogP contribution is -1.96. The summed E-state index contributed by atoms with van der Waals surface area (Å²) in [4.78, 5) is 21.8. The van der Waals surface area contributed by atoms with Gasteiger partial charge < -0.3 is 0 Å². The summed E-state index contributed by atoms with van der Waals surface area (Å²) in [6.07, 6.45) is 5.58. The third-order valence-corrected chi connectivity index (χ3v) is 2.20. The molecule has 0 amide bonds. The second kappa shape index (κ2) is 20.7. The second-order valence-corrected chi connectivity index (χ2v) is 3.35. The van der Waals surface area contributed by atoms with Crippen LogP contribution in [0.1, 0.15) is 88.5 Å². The van der Waals surface area contributed by atoms with Crippen molar-refractivity contribution >= 4 is 11.6 Å². The van der Waals surface area contributed by atoms with Gasteiger partial charge in [0.25, 0.3) is 0 Å². The van der Waals surface area contributed by atoms with E-state index in [4.69, 9.17) is 0 Å². The van der Waals surface area contributed by atoms with Gasteiger partial charge in [0.15, 0.2) is 0 Å². The molecule has 0 aromatic rings. The number of ketones is 2. The third kappa shape index (κ3) is 21.2. The molecule has 0 bridgehead atoms. The standard InChI is InChI=1S/C11H20O2.4CH4/c1-3-10(12)8-6-5-7-9-11(13)4-2;;;;/h3-9H2,1-2H3;4*1H4. The van der Waals surface area contributed by atoms with Gasteiger partial charge in [-0.1, -0.05) is 50.0 Å². The van der Waals surface area contributed by atoms with Crippen molar-refractivity contribution in [2.45, 2.75) is 88.5 Å². The lowest BCUT2D eigenvalue weighted by Gasteiger charge is -1.98. The maximum Gasteiger partial charge on any atom is 0.132 e. The third-order valence-electron chi connectivity index (χ3n) is 2.20. The molecule has 0 aromatic heterocycles. The SMILES string of the molecule is C.C.C.C.CCC(=O)CCCCCC(=O)CC. The molecule has 108 valence electrons. The summed E-state index contributed by atoms with van der Waals surface area (Å²) in [5.74, 6) is 0.670. The van der Waals surface area contributed by atoms with Crippen LogP contribution in [0, 0.1) is 0 Å². The highest BCUT2D eigenvalue weighted by atomic mass is 16.1. The lowest BCUT2D eigenvalue weighted by atomic mass is 10.1. The fourth-order valence-electron chi connectivity index (χ4n) is 1.17. The minimum absolute atomic E-state index is 0. The highest BCUT2D eigenvalue weighted by Gasteiger charge is 2.00. The van der Waals surface area contributed by atoms with Gasteiger partial charge in [0.2, 0.25) is 0 Å². The first kappa shape index (κ1) is 29.9. The second-order valence-electron chi connectivity index (χ2n) is 3.35. The van der Waals surface area contributed by atoms with Crippen LogP contribution >= 0.6 is 0 Å². The van der Waals surface area contributed by atoms with Crippen molar-refractivity contribution in [3.63, 3.8) is 0 Å². The van der Waals surface area contributed by atoms with Gasteiger partial charge >= 0.3 is 0 Å². The van der Waals surface area contributed by atoms with Crippen molar-refractivity contribution < 1.29 is 9.59 Å². The summed E-state index contributed by atoms with van der Waals surface area (Å²) < 4.78 is 0. The molecule has 0 aliphatic carbocycles. The number of carbonyl (C=O) groups excluding carboxylic acids is 2. The molecule has 2 nitrogen and oxygen atoms in total. The summed E-state index contributed by atoms with van der Waals surface area (Å²) in [6, 6.07) is 0. The van der Waals surface area contributed by atoms with E-state index in [1.807, 2.05) is 13.8 Å². The highest BCUT2D eigenvalue weighted by molar-refractivity contribution is 5.78. The van der Waals surface area contributed by atoms with E-state index in [-0.39, 0.29) is 29.7 Å². The summed E-state index contributed by atoms with van der Waals surface area (Å²) >= 11 is 0. The van der Waals surface area contributed by atoms with Crippen molar-refractivity contribution in [3.05, 3.63) is 0 Å². The topological polar surface area (TPSA) is 34.1 Å². The molecule has 0 spiro atoms. The number of hydrogen-bond acceptors (Lipinski definition) is 2. The molecule has 0 aromatic carbocycles. The molecule has 0 aliphatic rings. The molecule has 0 aliphatic heterocycles. The van der Waals surface area contributed by atoms with Crippen LogP contribution in [-0.2, 0) is 9.59 Å². The van der Waals surface area contributed by atoms with E-state index >= 15 is 0 Å². The number of carbonyl (C=O) groups is 2. The van der Waals surface area contributed by atoms with Gasteiger partial charge in [0, 0.05) is 25.7 Å². The van der Waals surface area contributed by atoms with Crippen LogP contribution in [0.5, 0.6) is 0 Å². The molecule has 0 rings (SSSR count). The zero-order valence-electron chi connectivity index (χ0n) is 8.77. The highest BCUT2D eigenvalue weighted by Crippen LogP contribution is 2.05. The predicted octanol–water partition coefficient (Wildman–Crippen LogP) is 5.44. The minimum atomic E-state index is 0. The lowest BCUT2D eigenvalue weighted by molar-refractivity contribution is -0.119. The number of hydrogen-bond donors (Lipinski definition) is 0. The minimum Gasteiger partial charge on any atom is -0.300 e. The quantitative estimate of drug-likeness (QED) is 0.536. The largest absolute Gasteiger partial charge is 0.300 e. The summed E-state index contributed by atoms with van der Waals surface area (Å²) in [6.45, 7) is 3.78. The molecule has 0 N–H and O–H groups in total. The number of unbranched alkanes of at least 4 members (excludes halogenated alkanes) is 2. The van der Waals surface area contributed by atoms with Crippen molar-refractivity contribution in [2.24, 2.45) is 0 Å². The predicted molar refractivity (Wildman–Crippen MR) is 80.6 cm³/mol. The van der Waals surface area contributed by atoms with E-state index in [9.17, 15) is 9.59 Å². The van der Waals surface area contributed by atoms with Gasteiger partial charge in [-0.05, 0) is 12.8 Å². The molecule has 0 saturated carbocycles. The maximum atomic E-state index is 10.9. The molecular weight excluding hydrogens is 212 g/mol. The van der Waals surface area contributed by atoms with Gasteiger partial charge in [-0.15, -0.1) is 0 Å². The normalized spacial score (nSPS) is 7.65. The van der Waals surface area contributed by atoms with E-state index in [2.05, 4.69) is 0 Å². The number of rotatable bonds is 8. The van der Waals surface area contributed by atoms with Gasteiger partial charge in [-0.25, -0.2) is 0 Å². The van der Waals surface area contributed by atoms with E-state index in [0.717, 1.165) is 19.3 Å². The van der Waals surface area contributed by atoms with Crippen molar-refractivity contribution in [1.29, 1.82) is 0 Å². The molecule has 0 heterocycles. The Balaban J connectivity index is -0.000000120. The van der Waals surface area contributed by atoms with Gasteiger partial charge in [-0.2, -0.15) is 0 Å². The van der Waals surface area contributed by atoms with Crippen LogP contribution in [0.4, 0.5) is 0 Å². The monoisotopic (exact) mass is 248 g/mol. The Morgan fingerprint density at radius 2 is 0.941 bits per heavy atom. The van der Waals surface area contributed by atoms with Crippen LogP contribution in [0.25, 0.3) is 0 Å². The zero-order valence-corrected chi connectivity index (χ0v) is 8.77. The first-order valence-electron chi connectivity index (χ1n) is 5.24. The van der Waals surface area contributed by atoms with E-state index in [1.54, 1.807) is 0 Å². The fourth-order valence-corrected chi connectivity index (χ4v) is 1.17. The Morgan fingerprint density at radius 3 is 1.18 bits per heavy atom. The van der Waals surface area contributed by atoms with Gasteiger partial charge in [-0.3, -0.25) is 9.59 Å². The van der Waals surface area contributed by atoms with Crippen LogP contribution in [0.15, 0.2) is 0 Å². The molecule has 0 atom stereocenters. The molecular formula is C15H36O2. The Hall–Kier alpha value is -0.660. The Morgan fingerprint density at radius 1 is 0.647 bits per heavy atom. The van der Waals surface area contributed by atoms with Crippen LogP contribution < -0.4 is 0 Å². The van der Waals surface area contributed by atoms with Crippen molar-refractivity contribution in [3.8, 4) is 0 Å². The Kier molecular flexibility index (Phi) is 36.4.